The van der Waals surface area contributed by atoms with Crippen LogP contribution in [-0.4, -0.2) is 22.6 Å². The molecule has 0 radical (unpaired) electrons. The van der Waals surface area contributed by atoms with E-state index in [1.165, 1.54) is 23.1 Å². The number of hydrazine groups is 1. The van der Waals surface area contributed by atoms with Gasteiger partial charge in [-0.2, -0.15) is 0 Å². The number of nitrogens with one attached hydrogen (secondary N) is 2. The number of halogens is 1. The maximum Gasteiger partial charge on any atom is 0.248 e. The summed E-state index contributed by atoms with van der Waals surface area (Å²) in [6.45, 7) is 1.88. The van der Waals surface area contributed by atoms with Crippen LogP contribution in [0.15, 0.2) is 34.5 Å². The third-order valence-corrected chi connectivity index (χ3v) is 4.62. The number of hydrogen-bond acceptors (Lipinski definition) is 5. The van der Waals surface area contributed by atoms with Crippen molar-refractivity contribution in [3.63, 3.8) is 0 Å². The predicted octanol–water partition coefficient (Wildman–Crippen LogP) is 2.59. The van der Waals surface area contributed by atoms with Gasteiger partial charge in [-0.1, -0.05) is 11.6 Å². The van der Waals surface area contributed by atoms with Crippen LogP contribution in [0.3, 0.4) is 0 Å². The summed E-state index contributed by atoms with van der Waals surface area (Å²) in [5.74, 6) is -0.365. The third-order valence-electron chi connectivity index (χ3n) is 2.53. The number of carbonyl (C=O) groups is 2. The number of carbonyl (C=O) groups excluding carboxylic acids is 2. The molecule has 1 aromatic carbocycles. The number of amides is 2. The molecule has 0 aliphatic rings. The topological polar surface area (TPSA) is 71.1 Å². The van der Waals surface area contributed by atoms with Crippen molar-refractivity contribution in [1.29, 1.82) is 0 Å². The van der Waals surface area contributed by atoms with Crippen LogP contribution in [-0.2, 0) is 16.0 Å². The molecule has 0 fully saturated rings. The molecular weight excluding hydrogens is 342 g/mol. The Hall–Kier alpha value is -1.57. The van der Waals surface area contributed by atoms with Crippen LogP contribution in [0.5, 0.6) is 0 Å². The molecule has 1 aromatic heterocycles. The van der Waals surface area contributed by atoms with Crippen molar-refractivity contribution in [2.24, 2.45) is 0 Å². The molecule has 0 spiro atoms. The summed E-state index contributed by atoms with van der Waals surface area (Å²) >= 11 is 8.64. The van der Waals surface area contributed by atoms with Gasteiger partial charge in [0, 0.05) is 15.3 Å². The van der Waals surface area contributed by atoms with Crippen LogP contribution in [0.25, 0.3) is 0 Å². The smallest absolute Gasteiger partial charge is 0.248 e. The first-order valence-corrected chi connectivity index (χ1v) is 8.64. The number of nitrogens with zero attached hydrogens (tertiary/aromatic N) is 1. The summed E-state index contributed by atoms with van der Waals surface area (Å²) in [4.78, 5) is 28.4. The van der Waals surface area contributed by atoms with Gasteiger partial charge in [0.25, 0.3) is 0 Å². The van der Waals surface area contributed by atoms with E-state index in [4.69, 9.17) is 11.6 Å². The molecule has 5 nitrogen and oxygen atoms in total. The van der Waals surface area contributed by atoms with Crippen LogP contribution in [0.4, 0.5) is 0 Å². The van der Waals surface area contributed by atoms with Crippen LogP contribution < -0.4 is 10.9 Å². The monoisotopic (exact) mass is 355 g/mol. The molecule has 22 heavy (non-hydrogen) atoms. The predicted molar refractivity (Wildman–Crippen MR) is 89.0 cm³/mol. The van der Waals surface area contributed by atoms with E-state index in [0.717, 1.165) is 9.90 Å². The van der Waals surface area contributed by atoms with E-state index in [0.29, 0.717) is 10.7 Å². The molecule has 2 aromatic rings. The Morgan fingerprint density at radius 3 is 2.55 bits per heavy atom. The number of thiazole rings is 1. The van der Waals surface area contributed by atoms with Crippen molar-refractivity contribution in [2.75, 3.05) is 5.75 Å². The molecule has 2 N–H and O–H groups in total. The van der Waals surface area contributed by atoms with Crippen molar-refractivity contribution >= 4 is 46.5 Å². The Balaban J connectivity index is 1.68. The highest BCUT2D eigenvalue weighted by Crippen LogP contribution is 2.19. The van der Waals surface area contributed by atoms with E-state index in [1.54, 1.807) is 12.1 Å². The van der Waals surface area contributed by atoms with Gasteiger partial charge in [-0.15, -0.1) is 23.1 Å². The Morgan fingerprint density at radius 1 is 1.23 bits per heavy atom. The molecule has 0 atom stereocenters. The van der Waals surface area contributed by atoms with Gasteiger partial charge in [-0.25, -0.2) is 4.98 Å². The fourth-order valence-corrected chi connectivity index (χ4v) is 2.99. The summed E-state index contributed by atoms with van der Waals surface area (Å²) in [6, 6.07) is 7.20. The second kappa shape index (κ2) is 8.17. The fraction of sp³-hybridized carbons (Fsp3) is 0.214. The van der Waals surface area contributed by atoms with Crippen LogP contribution in [0, 0.1) is 6.92 Å². The highest BCUT2D eigenvalue weighted by Gasteiger charge is 2.08. The lowest BCUT2D eigenvalue weighted by molar-refractivity contribution is -0.127. The SMILES string of the molecule is Cc1nc(CC(=O)NNC(=O)CSc2ccc(Cl)cc2)cs1. The second-order valence-electron chi connectivity index (χ2n) is 4.37. The Bertz CT molecular complexity index is 658. The Labute approximate surface area is 141 Å². The average Bonchev–Trinajstić information content (AvgIpc) is 2.89. The Morgan fingerprint density at radius 2 is 1.91 bits per heavy atom. The Kier molecular flexibility index (Phi) is 6.23. The number of aromatic nitrogens is 1. The zero-order valence-electron chi connectivity index (χ0n) is 11.8. The average molecular weight is 356 g/mol. The molecule has 8 heteroatoms. The normalized spacial score (nSPS) is 10.3. The summed E-state index contributed by atoms with van der Waals surface area (Å²) < 4.78 is 0. The van der Waals surface area contributed by atoms with Crippen LogP contribution >= 0.6 is 34.7 Å². The van der Waals surface area contributed by atoms with E-state index >= 15 is 0 Å². The minimum Gasteiger partial charge on any atom is -0.273 e. The molecule has 0 saturated heterocycles. The first kappa shape index (κ1) is 16.8. The quantitative estimate of drug-likeness (QED) is 0.638. The third kappa shape index (κ3) is 5.67. The van der Waals surface area contributed by atoms with Gasteiger partial charge < -0.3 is 0 Å². The second-order valence-corrected chi connectivity index (χ2v) is 6.92. The minimum absolute atomic E-state index is 0.148. The van der Waals surface area contributed by atoms with Gasteiger partial charge in [0.1, 0.15) is 0 Å². The molecule has 0 unspecified atom stereocenters. The number of benzene rings is 1. The molecule has 1 heterocycles. The number of hydrogen-bond donors (Lipinski definition) is 2. The van der Waals surface area contributed by atoms with Crippen molar-refractivity contribution in [2.45, 2.75) is 18.2 Å². The van der Waals surface area contributed by atoms with Crippen molar-refractivity contribution in [3.8, 4) is 0 Å². The van der Waals surface area contributed by atoms with Crippen molar-refractivity contribution < 1.29 is 9.59 Å². The first-order chi connectivity index (χ1) is 10.5. The highest BCUT2D eigenvalue weighted by atomic mass is 35.5. The molecule has 0 saturated carbocycles. The van der Waals surface area contributed by atoms with Crippen LogP contribution in [0.2, 0.25) is 5.02 Å². The van der Waals surface area contributed by atoms with Crippen molar-refractivity contribution in [3.05, 3.63) is 45.4 Å². The van der Waals surface area contributed by atoms with Gasteiger partial charge in [-0.05, 0) is 31.2 Å². The largest absolute Gasteiger partial charge is 0.273 e. The van der Waals surface area contributed by atoms with E-state index in [2.05, 4.69) is 15.8 Å². The molecule has 0 aliphatic heterocycles. The lowest BCUT2D eigenvalue weighted by Gasteiger charge is -2.06. The lowest BCUT2D eigenvalue weighted by atomic mass is 10.3. The summed E-state index contributed by atoms with van der Waals surface area (Å²) in [5, 5.41) is 3.39. The van der Waals surface area contributed by atoms with E-state index in [1.807, 2.05) is 24.4 Å². The van der Waals surface area contributed by atoms with Gasteiger partial charge in [-0.3, -0.25) is 20.4 Å². The molecule has 2 amide bonds. The first-order valence-electron chi connectivity index (χ1n) is 6.40. The van der Waals surface area contributed by atoms with E-state index < -0.39 is 0 Å². The highest BCUT2D eigenvalue weighted by molar-refractivity contribution is 8.00. The van der Waals surface area contributed by atoms with Crippen LogP contribution in [0.1, 0.15) is 10.7 Å². The van der Waals surface area contributed by atoms with Gasteiger partial charge in [0.2, 0.25) is 11.8 Å². The van der Waals surface area contributed by atoms with Gasteiger partial charge in [0.05, 0.1) is 22.9 Å². The maximum absolute atomic E-state index is 11.7. The molecule has 0 aliphatic carbocycles. The summed E-state index contributed by atoms with van der Waals surface area (Å²) in [5.41, 5.74) is 5.46. The minimum atomic E-state index is -0.296. The number of aryl methyl sites for hydroxylation is 1. The maximum atomic E-state index is 11.7. The zero-order chi connectivity index (χ0) is 15.9. The zero-order valence-corrected chi connectivity index (χ0v) is 14.1. The fourth-order valence-electron chi connectivity index (χ4n) is 1.55. The van der Waals surface area contributed by atoms with Gasteiger partial charge >= 0.3 is 0 Å². The molecule has 116 valence electrons. The van der Waals surface area contributed by atoms with Gasteiger partial charge in [0.15, 0.2) is 0 Å². The van der Waals surface area contributed by atoms with E-state index in [-0.39, 0.29) is 24.0 Å². The summed E-state index contributed by atoms with van der Waals surface area (Å²) in [7, 11) is 0. The number of thioether (sulfide) groups is 1. The molecule has 2 rings (SSSR count). The van der Waals surface area contributed by atoms with E-state index in [9.17, 15) is 9.59 Å². The lowest BCUT2D eigenvalue weighted by Crippen LogP contribution is -2.43. The summed E-state index contributed by atoms with van der Waals surface area (Å²) in [6.07, 6.45) is 0.148. The standard InChI is InChI=1S/C14H14ClN3O2S2/c1-9-16-11(7-21-9)6-13(19)17-18-14(20)8-22-12-4-2-10(15)3-5-12/h2-5,7H,6,8H2,1H3,(H,17,19)(H,18,20). The molecular formula is C14H14ClN3O2S2. The number of rotatable bonds is 5. The molecule has 0 bridgehead atoms. The van der Waals surface area contributed by atoms with Crippen molar-refractivity contribution in [1.82, 2.24) is 15.8 Å².